The molecule has 0 spiro atoms. The molecule has 22 heavy (non-hydrogen) atoms. The molecule has 2 heterocycles. The largest absolute Gasteiger partial charge is 0.418 e. The van der Waals surface area contributed by atoms with E-state index >= 15 is 0 Å². The minimum atomic E-state index is -0.0625. The Morgan fingerprint density at radius 3 is 2.64 bits per heavy atom. The number of halogens is 1. The summed E-state index contributed by atoms with van der Waals surface area (Å²) in [5, 5.41) is 14.4. The summed E-state index contributed by atoms with van der Waals surface area (Å²) in [5.41, 5.74) is 1.05. The third-order valence-electron chi connectivity index (χ3n) is 3.41. The molecule has 0 bridgehead atoms. The maximum Gasteiger partial charge on any atom is 0.257 e. The molecule has 0 aliphatic carbocycles. The number of rotatable bonds is 5. The Kier molecular flexibility index (Phi) is 4.57. The van der Waals surface area contributed by atoms with Crippen LogP contribution < -0.4 is 5.32 Å². The maximum atomic E-state index is 6.23. The molecule has 0 amide bonds. The summed E-state index contributed by atoms with van der Waals surface area (Å²) in [4.78, 5) is 0.977. The van der Waals surface area contributed by atoms with Gasteiger partial charge in [0.1, 0.15) is 0 Å². The molecule has 1 N–H and O–H groups in total. The summed E-state index contributed by atoms with van der Waals surface area (Å²) in [5.74, 6) is 1.13. The second-order valence-electron chi connectivity index (χ2n) is 5.05. The Morgan fingerprint density at radius 1 is 1.09 bits per heavy atom. The van der Waals surface area contributed by atoms with Crippen LogP contribution in [0.2, 0.25) is 5.02 Å². The van der Waals surface area contributed by atoms with E-state index in [9.17, 15) is 0 Å². The molecule has 0 fully saturated rings. The van der Waals surface area contributed by atoms with Gasteiger partial charge in [0.25, 0.3) is 5.89 Å². The first-order valence-electron chi connectivity index (χ1n) is 7.03. The van der Waals surface area contributed by atoms with Gasteiger partial charge in [-0.15, -0.1) is 21.5 Å². The SMILES string of the molecule is C[C@H](N[C@@H](C)c1ccccc1Cl)c1nnc(-c2cccs2)o1. The number of nitrogens with zero attached hydrogens (tertiary/aromatic N) is 2. The van der Waals surface area contributed by atoms with Crippen molar-refractivity contribution in [1.29, 1.82) is 0 Å². The Labute approximate surface area is 138 Å². The zero-order valence-electron chi connectivity index (χ0n) is 12.3. The second-order valence-corrected chi connectivity index (χ2v) is 6.41. The number of nitrogens with one attached hydrogen (secondary N) is 1. The monoisotopic (exact) mass is 333 g/mol. The number of hydrogen-bond acceptors (Lipinski definition) is 5. The van der Waals surface area contributed by atoms with Crippen LogP contribution in [0.3, 0.4) is 0 Å². The molecule has 2 aromatic heterocycles. The van der Waals surface area contributed by atoms with Crippen LogP contribution in [-0.2, 0) is 0 Å². The molecule has 4 nitrogen and oxygen atoms in total. The fourth-order valence-corrected chi connectivity index (χ4v) is 3.22. The first-order chi connectivity index (χ1) is 10.6. The lowest BCUT2D eigenvalue weighted by atomic mass is 10.1. The third-order valence-corrected chi connectivity index (χ3v) is 4.62. The fraction of sp³-hybridized carbons (Fsp3) is 0.250. The van der Waals surface area contributed by atoms with E-state index in [4.69, 9.17) is 16.0 Å². The topological polar surface area (TPSA) is 51.0 Å². The van der Waals surface area contributed by atoms with E-state index in [1.807, 2.05) is 48.7 Å². The maximum absolute atomic E-state index is 6.23. The van der Waals surface area contributed by atoms with Gasteiger partial charge in [-0.1, -0.05) is 35.9 Å². The van der Waals surface area contributed by atoms with Gasteiger partial charge in [-0.2, -0.15) is 0 Å². The summed E-state index contributed by atoms with van der Waals surface area (Å²) in [6, 6.07) is 11.8. The van der Waals surface area contributed by atoms with Gasteiger partial charge >= 0.3 is 0 Å². The van der Waals surface area contributed by atoms with Crippen molar-refractivity contribution in [3.05, 3.63) is 58.3 Å². The first-order valence-corrected chi connectivity index (χ1v) is 8.28. The molecule has 6 heteroatoms. The zero-order chi connectivity index (χ0) is 15.5. The third kappa shape index (κ3) is 3.21. The van der Waals surface area contributed by atoms with E-state index in [1.165, 1.54) is 0 Å². The molecule has 1 aromatic carbocycles. The number of hydrogen-bond donors (Lipinski definition) is 1. The molecule has 0 saturated carbocycles. The van der Waals surface area contributed by atoms with Crippen LogP contribution in [0.25, 0.3) is 10.8 Å². The van der Waals surface area contributed by atoms with Crippen LogP contribution in [-0.4, -0.2) is 10.2 Å². The van der Waals surface area contributed by atoms with Gasteiger partial charge in [0.15, 0.2) is 0 Å². The van der Waals surface area contributed by atoms with Crippen molar-refractivity contribution >= 4 is 22.9 Å². The summed E-state index contributed by atoms with van der Waals surface area (Å²) in [7, 11) is 0. The predicted molar refractivity (Wildman–Crippen MR) is 89.0 cm³/mol. The number of thiophene rings is 1. The highest BCUT2D eigenvalue weighted by Gasteiger charge is 2.18. The standard InChI is InChI=1S/C16H16ClN3OS/c1-10(12-6-3-4-7-13(12)17)18-11(2)15-19-20-16(21-15)14-8-5-9-22-14/h3-11,18H,1-2H3/t10-,11-/m0/s1. The summed E-state index contributed by atoms with van der Waals surface area (Å²) in [6.07, 6.45) is 0. The molecule has 0 aliphatic rings. The normalized spacial score (nSPS) is 14.0. The van der Waals surface area contributed by atoms with Crippen LogP contribution in [0.15, 0.2) is 46.2 Å². The minimum absolute atomic E-state index is 0.0625. The van der Waals surface area contributed by atoms with Crippen molar-refractivity contribution in [1.82, 2.24) is 15.5 Å². The van der Waals surface area contributed by atoms with Crippen molar-refractivity contribution in [3.8, 4) is 10.8 Å². The molecule has 0 radical (unpaired) electrons. The highest BCUT2D eigenvalue weighted by Crippen LogP contribution is 2.27. The van der Waals surface area contributed by atoms with Gasteiger partial charge < -0.3 is 4.42 Å². The summed E-state index contributed by atoms with van der Waals surface area (Å²) < 4.78 is 5.75. The summed E-state index contributed by atoms with van der Waals surface area (Å²) in [6.45, 7) is 4.06. The van der Waals surface area contributed by atoms with Gasteiger partial charge in [-0.25, -0.2) is 0 Å². The van der Waals surface area contributed by atoms with Crippen LogP contribution >= 0.6 is 22.9 Å². The van der Waals surface area contributed by atoms with Crippen molar-refractivity contribution < 1.29 is 4.42 Å². The zero-order valence-corrected chi connectivity index (χ0v) is 13.9. The fourth-order valence-electron chi connectivity index (χ4n) is 2.27. The quantitative estimate of drug-likeness (QED) is 0.724. The van der Waals surface area contributed by atoms with Crippen LogP contribution in [0.1, 0.15) is 37.4 Å². The molecule has 0 unspecified atom stereocenters. The molecule has 2 atom stereocenters. The van der Waals surface area contributed by atoms with E-state index in [1.54, 1.807) is 11.3 Å². The van der Waals surface area contributed by atoms with Gasteiger partial charge in [-0.05, 0) is 36.9 Å². The number of aromatic nitrogens is 2. The lowest BCUT2D eigenvalue weighted by molar-refractivity contribution is 0.395. The lowest BCUT2D eigenvalue weighted by Gasteiger charge is -2.18. The number of benzene rings is 1. The molecule has 3 aromatic rings. The van der Waals surface area contributed by atoms with Crippen molar-refractivity contribution in [2.45, 2.75) is 25.9 Å². The summed E-state index contributed by atoms with van der Waals surface area (Å²) >= 11 is 7.81. The van der Waals surface area contributed by atoms with E-state index in [-0.39, 0.29) is 12.1 Å². The Morgan fingerprint density at radius 2 is 1.91 bits per heavy atom. The van der Waals surface area contributed by atoms with E-state index in [2.05, 4.69) is 22.4 Å². The average Bonchev–Trinajstić information content (AvgIpc) is 3.18. The van der Waals surface area contributed by atoms with E-state index in [0.29, 0.717) is 11.8 Å². The smallest absolute Gasteiger partial charge is 0.257 e. The van der Waals surface area contributed by atoms with Crippen LogP contribution in [0.4, 0.5) is 0 Å². The van der Waals surface area contributed by atoms with Crippen molar-refractivity contribution in [3.63, 3.8) is 0 Å². The van der Waals surface area contributed by atoms with E-state index in [0.717, 1.165) is 15.5 Å². The van der Waals surface area contributed by atoms with Gasteiger partial charge in [0.05, 0.1) is 10.9 Å². The van der Waals surface area contributed by atoms with Gasteiger partial charge in [0.2, 0.25) is 5.89 Å². The molecule has 0 saturated heterocycles. The molecule has 114 valence electrons. The first kappa shape index (κ1) is 15.2. The van der Waals surface area contributed by atoms with Crippen molar-refractivity contribution in [2.75, 3.05) is 0 Å². The average molecular weight is 334 g/mol. The molecular formula is C16H16ClN3OS. The van der Waals surface area contributed by atoms with Gasteiger partial charge in [0, 0.05) is 11.1 Å². The molecular weight excluding hydrogens is 318 g/mol. The lowest BCUT2D eigenvalue weighted by Crippen LogP contribution is -2.23. The highest BCUT2D eigenvalue weighted by atomic mass is 35.5. The van der Waals surface area contributed by atoms with Gasteiger partial charge in [-0.3, -0.25) is 5.32 Å². The molecule has 3 rings (SSSR count). The van der Waals surface area contributed by atoms with Crippen LogP contribution in [0, 0.1) is 0 Å². The Bertz CT molecular complexity index is 741. The predicted octanol–water partition coefficient (Wildman–Crippen LogP) is 4.86. The second kappa shape index (κ2) is 6.60. The van der Waals surface area contributed by atoms with Crippen molar-refractivity contribution in [2.24, 2.45) is 0 Å². The Hall–Kier alpha value is -1.69. The minimum Gasteiger partial charge on any atom is -0.418 e. The van der Waals surface area contributed by atoms with E-state index < -0.39 is 0 Å². The van der Waals surface area contributed by atoms with Crippen LogP contribution in [0.5, 0.6) is 0 Å². The highest BCUT2D eigenvalue weighted by molar-refractivity contribution is 7.13. The molecule has 0 aliphatic heterocycles. The Balaban J connectivity index is 1.72.